The predicted octanol–water partition coefficient (Wildman–Crippen LogP) is 4.43. The molecule has 0 radical (unpaired) electrons. The van der Waals surface area contributed by atoms with Gasteiger partial charge in [0.05, 0.1) is 5.02 Å². The summed E-state index contributed by atoms with van der Waals surface area (Å²) in [4.78, 5) is 33.6. The van der Waals surface area contributed by atoms with Crippen LogP contribution in [-0.4, -0.2) is 38.0 Å². The first-order valence-electron chi connectivity index (χ1n) is 11.9. The number of aromatic nitrogens is 4. The van der Waals surface area contributed by atoms with Gasteiger partial charge in [-0.05, 0) is 68.6 Å². The van der Waals surface area contributed by atoms with E-state index in [0.717, 1.165) is 50.9 Å². The molecule has 2 heterocycles. The lowest BCUT2D eigenvalue weighted by molar-refractivity contribution is -0.135. The summed E-state index contributed by atoms with van der Waals surface area (Å²) in [5, 5.41) is 10.9. The van der Waals surface area contributed by atoms with Crippen molar-refractivity contribution in [2.45, 2.75) is 52.0 Å². The molecule has 0 spiro atoms. The van der Waals surface area contributed by atoms with Crippen LogP contribution in [0.15, 0.2) is 24.5 Å². The minimum absolute atomic E-state index is 0.00370. The quantitative estimate of drug-likeness (QED) is 0.499. The third-order valence-electron chi connectivity index (χ3n) is 8.05. The number of halogens is 2. The van der Waals surface area contributed by atoms with Crippen LogP contribution in [0, 0.1) is 16.6 Å². The number of hydrogen-bond donors (Lipinski definition) is 2. The van der Waals surface area contributed by atoms with E-state index in [1.807, 2.05) is 7.05 Å². The smallest absolute Gasteiger partial charge is 0.272 e. The van der Waals surface area contributed by atoms with Crippen LogP contribution in [0.1, 0.15) is 61.5 Å². The zero-order chi connectivity index (χ0) is 24.8. The van der Waals surface area contributed by atoms with Gasteiger partial charge in [0.2, 0.25) is 0 Å². The Hall–Kier alpha value is -3.07. The molecule has 2 bridgehead atoms. The molecule has 35 heavy (non-hydrogen) atoms. The van der Waals surface area contributed by atoms with Gasteiger partial charge in [0, 0.05) is 25.6 Å². The van der Waals surface area contributed by atoms with Gasteiger partial charge in [-0.25, -0.2) is 14.4 Å². The molecule has 6 rings (SSSR count). The average molecular weight is 499 g/mol. The van der Waals surface area contributed by atoms with Gasteiger partial charge in [-0.15, -0.1) is 0 Å². The van der Waals surface area contributed by atoms with Crippen molar-refractivity contribution < 1.29 is 14.0 Å². The van der Waals surface area contributed by atoms with Crippen molar-refractivity contribution in [1.29, 1.82) is 0 Å². The molecule has 3 saturated carbocycles. The van der Waals surface area contributed by atoms with Gasteiger partial charge in [-0.1, -0.05) is 17.7 Å². The lowest BCUT2D eigenvalue weighted by atomic mass is 9.52. The fraction of sp³-hybridized carbons (Fsp3) is 0.480. The number of carbonyl (C=O) groups excluding carboxylic acids is 2. The van der Waals surface area contributed by atoms with Crippen molar-refractivity contribution in [3.8, 4) is 0 Å². The van der Waals surface area contributed by atoms with Crippen LogP contribution in [0.4, 0.5) is 10.2 Å². The summed E-state index contributed by atoms with van der Waals surface area (Å²) in [5.74, 6) is 0.166. The van der Waals surface area contributed by atoms with Gasteiger partial charge in [0.25, 0.3) is 5.91 Å². The van der Waals surface area contributed by atoms with Crippen LogP contribution in [-0.2, 0) is 18.4 Å². The van der Waals surface area contributed by atoms with Crippen LogP contribution < -0.4 is 10.6 Å². The first kappa shape index (κ1) is 23.7. The molecule has 0 saturated heterocycles. The second-order valence-corrected chi connectivity index (χ2v) is 10.4. The van der Waals surface area contributed by atoms with Crippen molar-refractivity contribution >= 4 is 40.1 Å². The monoisotopic (exact) mass is 498 g/mol. The number of Topliss-reactive ketones (excluding diaryl/α,β-unsaturated/α-hetero) is 1. The Morgan fingerprint density at radius 3 is 2.49 bits per heavy atom. The van der Waals surface area contributed by atoms with E-state index in [1.165, 1.54) is 18.5 Å². The Morgan fingerprint density at radius 2 is 1.83 bits per heavy atom. The fourth-order valence-corrected chi connectivity index (χ4v) is 5.81. The van der Waals surface area contributed by atoms with Gasteiger partial charge in [0.1, 0.15) is 29.0 Å². The fourth-order valence-electron chi connectivity index (χ4n) is 5.61. The third kappa shape index (κ3) is 4.26. The summed E-state index contributed by atoms with van der Waals surface area (Å²) >= 11 is 5.83. The van der Waals surface area contributed by atoms with E-state index in [-0.39, 0.29) is 28.1 Å². The first-order valence-corrected chi connectivity index (χ1v) is 12.2. The average Bonchev–Trinajstić information content (AvgIpc) is 3.19. The number of hydrogen-bond acceptors (Lipinski definition) is 6. The highest BCUT2D eigenvalue weighted by Gasteiger charge is 2.50. The molecule has 10 heteroatoms. The van der Waals surface area contributed by atoms with E-state index in [0.29, 0.717) is 22.4 Å². The summed E-state index contributed by atoms with van der Waals surface area (Å²) in [6.07, 6.45) is 7.34. The van der Waals surface area contributed by atoms with E-state index in [4.69, 9.17) is 11.6 Å². The zero-order valence-electron chi connectivity index (χ0n) is 19.8. The number of nitrogens with one attached hydrogen (secondary N) is 2. The van der Waals surface area contributed by atoms with Crippen LogP contribution in [0.2, 0.25) is 5.02 Å². The standard InChI is InChI=1S/C25H28ClFN6O2/c1-15(34)25-8-5-24(6-9-25,7-10-25)13-29-22-20-19(32-33(22)2)21(31-14-30-20)23(35)28-12-16-3-4-18(27)17(26)11-16/h3-4,11,14,29H,5-10,12-13H2,1-2H3,(H,28,35). The number of carbonyl (C=O) groups is 2. The Labute approximate surface area is 207 Å². The molecule has 1 aromatic carbocycles. The van der Waals surface area contributed by atoms with Crippen molar-refractivity contribution in [2.75, 3.05) is 11.9 Å². The number of aryl methyl sites for hydroxylation is 1. The first-order chi connectivity index (χ1) is 16.7. The minimum Gasteiger partial charge on any atom is -0.368 e. The van der Waals surface area contributed by atoms with Crippen molar-refractivity contribution in [3.05, 3.63) is 46.6 Å². The maximum Gasteiger partial charge on any atom is 0.272 e. The highest BCUT2D eigenvalue weighted by molar-refractivity contribution is 6.30. The number of nitrogens with zero attached hydrogens (tertiary/aromatic N) is 4. The lowest BCUT2D eigenvalue weighted by Gasteiger charge is -2.52. The number of fused-ring (bicyclic) bond motifs is 4. The third-order valence-corrected chi connectivity index (χ3v) is 8.34. The van der Waals surface area contributed by atoms with E-state index in [1.54, 1.807) is 17.7 Å². The zero-order valence-corrected chi connectivity index (χ0v) is 20.6. The van der Waals surface area contributed by atoms with Gasteiger partial charge >= 0.3 is 0 Å². The number of amides is 1. The van der Waals surface area contributed by atoms with E-state index >= 15 is 0 Å². The van der Waals surface area contributed by atoms with Crippen LogP contribution in [0.3, 0.4) is 0 Å². The molecule has 184 valence electrons. The normalized spacial score (nSPS) is 23.4. The van der Waals surface area contributed by atoms with E-state index in [9.17, 15) is 14.0 Å². The van der Waals surface area contributed by atoms with Crippen LogP contribution in [0.25, 0.3) is 11.0 Å². The van der Waals surface area contributed by atoms with Crippen molar-refractivity contribution in [1.82, 2.24) is 25.1 Å². The number of ketones is 1. The summed E-state index contributed by atoms with van der Waals surface area (Å²) < 4.78 is 15.1. The molecule has 0 atom stereocenters. The molecule has 3 aliphatic rings. The molecule has 0 unspecified atom stereocenters. The van der Waals surface area contributed by atoms with E-state index < -0.39 is 11.7 Å². The molecule has 8 nitrogen and oxygen atoms in total. The number of anilines is 1. The molecular formula is C25H28ClFN6O2. The minimum atomic E-state index is -0.507. The van der Waals surface area contributed by atoms with Gasteiger partial charge in [-0.3, -0.25) is 14.3 Å². The van der Waals surface area contributed by atoms with Gasteiger partial charge < -0.3 is 10.6 Å². The summed E-state index contributed by atoms with van der Waals surface area (Å²) in [5.41, 5.74) is 1.90. The van der Waals surface area contributed by atoms with E-state index in [2.05, 4.69) is 25.7 Å². The SMILES string of the molecule is CC(=O)C12CCC(CNc3c4ncnc(C(=O)NCc5ccc(F)c(Cl)c5)c4nn3C)(CC1)CC2. The predicted molar refractivity (Wildman–Crippen MR) is 131 cm³/mol. The topological polar surface area (TPSA) is 102 Å². The van der Waals surface area contributed by atoms with Crippen LogP contribution >= 0.6 is 11.6 Å². The van der Waals surface area contributed by atoms with Crippen LogP contribution in [0.5, 0.6) is 0 Å². The number of benzene rings is 1. The maximum absolute atomic E-state index is 13.4. The second-order valence-electron chi connectivity index (χ2n) is 10.0. The lowest BCUT2D eigenvalue weighted by Crippen LogP contribution is -2.47. The highest BCUT2D eigenvalue weighted by atomic mass is 35.5. The maximum atomic E-state index is 13.4. The summed E-state index contributed by atoms with van der Waals surface area (Å²) in [6, 6.07) is 4.31. The number of rotatable bonds is 7. The largest absolute Gasteiger partial charge is 0.368 e. The Kier molecular flexibility index (Phi) is 5.99. The van der Waals surface area contributed by atoms with Crippen molar-refractivity contribution in [3.63, 3.8) is 0 Å². The summed E-state index contributed by atoms with van der Waals surface area (Å²) in [7, 11) is 1.81. The second kappa shape index (κ2) is 8.86. The molecular weight excluding hydrogens is 471 g/mol. The highest BCUT2D eigenvalue weighted by Crippen LogP contribution is 2.57. The van der Waals surface area contributed by atoms with Gasteiger partial charge in [0.15, 0.2) is 11.5 Å². The molecule has 2 aromatic heterocycles. The molecule has 2 N–H and O–H groups in total. The Morgan fingerprint density at radius 1 is 1.11 bits per heavy atom. The molecule has 3 fully saturated rings. The van der Waals surface area contributed by atoms with Crippen molar-refractivity contribution in [2.24, 2.45) is 17.9 Å². The molecule has 1 amide bonds. The Balaban J connectivity index is 1.31. The molecule has 3 aromatic rings. The van der Waals surface area contributed by atoms with Gasteiger partial charge in [-0.2, -0.15) is 5.10 Å². The molecule has 3 aliphatic carbocycles. The summed E-state index contributed by atoms with van der Waals surface area (Å²) in [6.45, 7) is 2.68. The Bertz CT molecular complexity index is 1300. The molecule has 0 aliphatic heterocycles.